The van der Waals surface area contributed by atoms with Gasteiger partial charge in [0, 0.05) is 45.3 Å². The van der Waals surface area contributed by atoms with Gasteiger partial charge in [-0.25, -0.2) is 24.0 Å². The van der Waals surface area contributed by atoms with Crippen molar-refractivity contribution < 1.29 is 67.0 Å². The Kier molecular flexibility index (Phi) is 7.72. The maximum atomic E-state index is 14.3. The van der Waals surface area contributed by atoms with E-state index in [4.69, 9.17) is 37.9 Å². The number of hydrogen-bond acceptors (Lipinski definition) is 14. The third kappa shape index (κ3) is 4.53. The van der Waals surface area contributed by atoms with E-state index < -0.39 is 113 Å². The Labute approximate surface area is 299 Å². The van der Waals surface area contributed by atoms with Gasteiger partial charge in [-0.1, -0.05) is 38.5 Å². The number of carbonyl (C=O) groups excluding carboxylic acids is 5. The van der Waals surface area contributed by atoms with Gasteiger partial charge in [0.25, 0.3) is 5.97 Å². The van der Waals surface area contributed by atoms with E-state index >= 15 is 0 Å². The standard InChI is InChI=1S/C38H40O14/c1-7-35-12-23(25-19(5)32(42)50-28(25)26(35)20(6)31(41)45-14-35)49-34(44)37-10-9-21-27-29-24(18(4)33(43)51-29)22(48-30(40)17(3)13-39)11-36(27,8-2)15-46-38(21,52-37)47-16-37/h7-8,21-29,39H,1-6,9-16H2. The molecule has 2 bridgehead atoms. The molecule has 8 aliphatic rings. The van der Waals surface area contributed by atoms with E-state index in [9.17, 15) is 29.1 Å². The molecule has 0 aromatic heterocycles. The van der Waals surface area contributed by atoms with E-state index in [0.717, 1.165) is 0 Å². The topological polar surface area (TPSA) is 179 Å². The van der Waals surface area contributed by atoms with Gasteiger partial charge in [-0.3, -0.25) is 0 Å². The molecule has 1 spiro atoms. The maximum Gasteiger partial charge on any atom is 0.341 e. The van der Waals surface area contributed by atoms with Gasteiger partial charge in [-0.15, -0.1) is 13.2 Å². The second-order valence-electron chi connectivity index (χ2n) is 15.3. The first-order valence-electron chi connectivity index (χ1n) is 17.3. The van der Waals surface area contributed by atoms with Gasteiger partial charge in [0.15, 0.2) is 5.60 Å². The average Bonchev–Trinajstić information content (AvgIpc) is 3.72. The number of aliphatic hydroxyl groups is 1. The molecule has 0 aromatic rings. The minimum Gasteiger partial charge on any atom is -0.461 e. The number of hydrogen-bond donors (Lipinski definition) is 1. The lowest BCUT2D eigenvalue weighted by molar-refractivity contribution is -0.428. The second-order valence-corrected chi connectivity index (χ2v) is 15.3. The van der Waals surface area contributed by atoms with Gasteiger partial charge in [-0.05, 0) is 25.7 Å². The minimum atomic E-state index is -1.71. The zero-order valence-corrected chi connectivity index (χ0v) is 28.5. The van der Waals surface area contributed by atoms with Gasteiger partial charge in [-0.2, -0.15) is 0 Å². The van der Waals surface area contributed by atoms with Crippen molar-refractivity contribution in [1.29, 1.82) is 0 Å². The predicted molar refractivity (Wildman–Crippen MR) is 174 cm³/mol. The third-order valence-corrected chi connectivity index (χ3v) is 12.9. The van der Waals surface area contributed by atoms with Crippen LogP contribution in [-0.2, 0) is 61.9 Å². The highest BCUT2D eigenvalue weighted by atomic mass is 16.9. The molecule has 6 heterocycles. The smallest absolute Gasteiger partial charge is 0.341 e. The number of aliphatic hydroxyl groups excluding tert-OH is 1. The first-order chi connectivity index (χ1) is 24.7. The third-order valence-electron chi connectivity index (χ3n) is 12.9. The summed E-state index contributed by atoms with van der Waals surface area (Å²) in [4.78, 5) is 65.4. The van der Waals surface area contributed by atoms with Gasteiger partial charge >= 0.3 is 29.8 Å². The Morgan fingerprint density at radius 2 is 1.44 bits per heavy atom. The normalized spacial score (nSPS) is 45.5. The Morgan fingerprint density at radius 1 is 0.827 bits per heavy atom. The molecule has 1 N–H and O–H groups in total. The van der Waals surface area contributed by atoms with Crippen molar-refractivity contribution >= 4 is 29.8 Å². The van der Waals surface area contributed by atoms with Gasteiger partial charge in [0.1, 0.15) is 31.0 Å². The maximum absolute atomic E-state index is 14.3. The summed E-state index contributed by atoms with van der Waals surface area (Å²) < 4.78 is 48.3. The number of rotatable bonds is 7. The van der Waals surface area contributed by atoms with E-state index in [2.05, 4.69) is 39.5 Å². The lowest BCUT2D eigenvalue weighted by Gasteiger charge is -2.59. The predicted octanol–water partition coefficient (Wildman–Crippen LogP) is 1.93. The first-order valence-corrected chi connectivity index (χ1v) is 17.3. The van der Waals surface area contributed by atoms with Crippen LogP contribution in [0.4, 0.5) is 0 Å². The molecule has 2 aliphatic carbocycles. The van der Waals surface area contributed by atoms with E-state index in [1.807, 2.05) is 0 Å². The molecular weight excluding hydrogens is 680 g/mol. The molecule has 14 nitrogen and oxygen atoms in total. The summed E-state index contributed by atoms with van der Waals surface area (Å²) in [6.07, 6.45) is 0.672. The molecule has 2 saturated carbocycles. The highest BCUT2D eigenvalue weighted by molar-refractivity contribution is 5.94. The molecule has 8 rings (SSSR count). The van der Waals surface area contributed by atoms with Crippen LogP contribution in [-0.4, -0.2) is 97.4 Å². The minimum absolute atomic E-state index is 0.0391. The molecule has 276 valence electrons. The molecule has 13 unspecified atom stereocenters. The van der Waals surface area contributed by atoms with Crippen LogP contribution < -0.4 is 0 Å². The summed E-state index contributed by atoms with van der Waals surface area (Å²) in [5.74, 6) is -8.31. The SMILES string of the molecule is C=CC12COC(=O)C(=C)C1C1OC(=O)C(=C)C1C(OC(=O)C13CCC4C5C6OC(=O)C(=C)C6C(OC(=O)C(=C)CO)CC5(C=C)COC4(OC1)O3)C2. The first kappa shape index (κ1) is 34.7. The second kappa shape index (κ2) is 11.6. The van der Waals surface area contributed by atoms with Crippen molar-refractivity contribution in [2.75, 3.05) is 26.4 Å². The van der Waals surface area contributed by atoms with Crippen LogP contribution in [0.15, 0.2) is 73.9 Å². The molecule has 0 radical (unpaired) electrons. The summed E-state index contributed by atoms with van der Waals surface area (Å²) in [6.45, 7) is 22.5. The molecule has 6 aliphatic heterocycles. The average molecular weight is 721 g/mol. The molecule has 52 heavy (non-hydrogen) atoms. The largest absolute Gasteiger partial charge is 0.461 e. The number of esters is 5. The highest BCUT2D eigenvalue weighted by Crippen LogP contribution is 2.64. The number of carbonyl (C=O) groups is 5. The van der Waals surface area contributed by atoms with Crippen LogP contribution in [0, 0.1) is 40.4 Å². The number of ether oxygens (including phenoxy) is 8. The number of cyclic esters (lactones) is 1. The Hall–Kier alpha value is -4.37. The van der Waals surface area contributed by atoms with Crippen LogP contribution in [0.25, 0.3) is 0 Å². The summed E-state index contributed by atoms with van der Waals surface area (Å²) in [5.41, 5.74) is -3.12. The lowest BCUT2D eigenvalue weighted by Crippen LogP contribution is -2.67. The van der Waals surface area contributed by atoms with Crippen LogP contribution in [0.1, 0.15) is 25.7 Å². The van der Waals surface area contributed by atoms with Crippen LogP contribution in [0.5, 0.6) is 0 Å². The van der Waals surface area contributed by atoms with E-state index in [0.29, 0.717) is 6.42 Å². The fourth-order valence-corrected chi connectivity index (χ4v) is 10.2. The van der Waals surface area contributed by atoms with Gasteiger partial charge < -0.3 is 43.0 Å². The molecule has 13 atom stereocenters. The highest BCUT2D eigenvalue weighted by Gasteiger charge is 2.74. The summed E-state index contributed by atoms with van der Waals surface area (Å²) in [6, 6.07) is 0. The summed E-state index contributed by atoms with van der Waals surface area (Å²) in [5, 5.41) is 9.45. The fourth-order valence-electron chi connectivity index (χ4n) is 10.2. The Morgan fingerprint density at radius 3 is 2.12 bits per heavy atom. The quantitative estimate of drug-likeness (QED) is 0.175. The molecule has 0 amide bonds. The lowest BCUT2D eigenvalue weighted by atomic mass is 9.54. The Bertz CT molecular complexity index is 1780. The van der Waals surface area contributed by atoms with Crippen molar-refractivity contribution in [3.05, 3.63) is 73.9 Å². The van der Waals surface area contributed by atoms with Crippen LogP contribution in [0.2, 0.25) is 0 Å². The van der Waals surface area contributed by atoms with Crippen molar-refractivity contribution in [3.63, 3.8) is 0 Å². The van der Waals surface area contributed by atoms with Crippen molar-refractivity contribution in [2.45, 2.75) is 61.7 Å². The summed E-state index contributed by atoms with van der Waals surface area (Å²) in [7, 11) is 0. The van der Waals surface area contributed by atoms with Crippen molar-refractivity contribution in [3.8, 4) is 0 Å². The zero-order valence-electron chi connectivity index (χ0n) is 28.5. The van der Waals surface area contributed by atoms with Crippen LogP contribution in [0.3, 0.4) is 0 Å². The number of fused-ring (bicyclic) bond motifs is 8. The molecule has 8 fully saturated rings. The molecule has 14 heteroatoms. The molecular formula is C38H40O14. The zero-order chi connectivity index (χ0) is 37.1. The van der Waals surface area contributed by atoms with Gasteiger partial charge in [0.05, 0.1) is 37.2 Å². The van der Waals surface area contributed by atoms with Crippen molar-refractivity contribution in [2.24, 2.45) is 40.4 Å². The Balaban J connectivity index is 1.06. The van der Waals surface area contributed by atoms with E-state index in [1.165, 1.54) is 0 Å². The summed E-state index contributed by atoms with van der Waals surface area (Å²) >= 11 is 0. The van der Waals surface area contributed by atoms with Crippen LogP contribution >= 0.6 is 0 Å². The molecule has 0 aromatic carbocycles. The van der Waals surface area contributed by atoms with Crippen molar-refractivity contribution in [1.82, 2.24) is 0 Å². The van der Waals surface area contributed by atoms with E-state index in [-0.39, 0.29) is 61.4 Å². The van der Waals surface area contributed by atoms with E-state index in [1.54, 1.807) is 12.2 Å². The fraction of sp³-hybridized carbons (Fsp3) is 0.553. The van der Waals surface area contributed by atoms with Gasteiger partial charge in [0.2, 0.25) is 0 Å². The monoisotopic (exact) mass is 720 g/mol. The molecule has 6 saturated heterocycles.